The van der Waals surface area contributed by atoms with E-state index in [0.29, 0.717) is 23.6 Å². The van der Waals surface area contributed by atoms with Gasteiger partial charge in [0.15, 0.2) is 0 Å². The quantitative estimate of drug-likeness (QED) is 0.668. The number of nitrogen functional groups attached to an aromatic ring is 1. The van der Waals surface area contributed by atoms with E-state index in [4.69, 9.17) is 15.2 Å². The summed E-state index contributed by atoms with van der Waals surface area (Å²) in [6, 6.07) is 4.99. The second-order valence-electron chi connectivity index (χ2n) is 4.25. The van der Waals surface area contributed by atoms with E-state index >= 15 is 0 Å². The average Bonchev–Trinajstić information content (AvgIpc) is 2.77. The monoisotopic (exact) mass is 263 g/mol. The van der Waals surface area contributed by atoms with Gasteiger partial charge in [0.2, 0.25) is 0 Å². The van der Waals surface area contributed by atoms with Gasteiger partial charge in [-0.3, -0.25) is 0 Å². The summed E-state index contributed by atoms with van der Waals surface area (Å²) in [6.07, 6.45) is 0. The van der Waals surface area contributed by atoms with E-state index < -0.39 is 6.04 Å². The molecule has 1 atom stereocenters. The number of anilines is 1. The van der Waals surface area contributed by atoms with Crippen molar-refractivity contribution in [3.05, 3.63) is 24.0 Å². The topological polar surface area (TPSA) is 79.4 Å². The third kappa shape index (κ3) is 2.26. The Labute approximate surface area is 111 Å². The van der Waals surface area contributed by atoms with E-state index in [0.717, 1.165) is 5.52 Å². The molecule has 0 spiro atoms. The highest BCUT2D eigenvalue weighted by molar-refractivity contribution is 5.89. The van der Waals surface area contributed by atoms with Crippen molar-refractivity contribution in [2.45, 2.75) is 19.6 Å². The lowest BCUT2D eigenvalue weighted by Gasteiger charge is -2.15. The summed E-state index contributed by atoms with van der Waals surface area (Å²) in [5.41, 5.74) is 7.95. The molecule has 1 aromatic carbocycles. The van der Waals surface area contributed by atoms with Gasteiger partial charge in [-0.15, -0.1) is 0 Å². The maximum atomic E-state index is 11.8. The van der Waals surface area contributed by atoms with Crippen LogP contribution in [-0.2, 0) is 20.9 Å². The van der Waals surface area contributed by atoms with Gasteiger partial charge >= 0.3 is 5.97 Å². The lowest BCUT2D eigenvalue weighted by molar-refractivity contribution is -0.144. The van der Waals surface area contributed by atoms with Gasteiger partial charge in [-0.2, -0.15) is 0 Å². The van der Waals surface area contributed by atoms with Crippen LogP contribution in [0.15, 0.2) is 18.2 Å². The molecule has 0 saturated carbocycles. The molecule has 1 heterocycles. The van der Waals surface area contributed by atoms with Crippen molar-refractivity contribution < 1.29 is 14.3 Å². The Kier molecular flexibility index (Phi) is 3.71. The minimum absolute atomic E-state index is 0.301. The van der Waals surface area contributed by atoms with Crippen LogP contribution in [0.25, 0.3) is 11.0 Å². The number of nitrogens with two attached hydrogens (primary N) is 1. The minimum Gasteiger partial charge on any atom is -0.467 e. The molecular formula is C13H17N3O3. The summed E-state index contributed by atoms with van der Waals surface area (Å²) < 4.78 is 11.7. The van der Waals surface area contributed by atoms with Crippen LogP contribution in [0.4, 0.5) is 5.69 Å². The highest BCUT2D eigenvalue weighted by Gasteiger charge is 2.22. The molecule has 6 heteroatoms. The van der Waals surface area contributed by atoms with Crippen molar-refractivity contribution in [1.29, 1.82) is 0 Å². The van der Waals surface area contributed by atoms with E-state index in [-0.39, 0.29) is 5.97 Å². The number of esters is 1. The van der Waals surface area contributed by atoms with Gasteiger partial charge < -0.3 is 19.8 Å². The third-order valence-corrected chi connectivity index (χ3v) is 3.03. The van der Waals surface area contributed by atoms with Gasteiger partial charge in [0, 0.05) is 7.11 Å². The van der Waals surface area contributed by atoms with E-state index in [1.807, 2.05) is 12.1 Å². The van der Waals surface area contributed by atoms with Crippen molar-refractivity contribution in [2.24, 2.45) is 0 Å². The SMILES string of the molecule is COCc1nc2c(N)cccc2n1C(C)C(=O)OC. The van der Waals surface area contributed by atoms with Crippen molar-refractivity contribution in [3.8, 4) is 0 Å². The number of para-hydroxylation sites is 1. The van der Waals surface area contributed by atoms with Crippen LogP contribution in [0.5, 0.6) is 0 Å². The second-order valence-corrected chi connectivity index (χ2v) is 4.25. The number of ether oxygens (including phenoxy) is 2. The smallest absolute Gasteiger partial charge is 0.328 e. The van der Waals surface area contributed by atoms with Crippen LogP contribution in [0.1, 0.15) is 18.8 Å². The average molecular weight is 263 g/mol. The van der Waals surface area contributed by atoms with Crippen molar-refractivity contribution in [3.63, 3.8) is 0 Å². The van der Waals surface area contributed by atoms with Crippen LogP contribution in [0, 0.1) is 0 Å². The van der Waals surface area contributed by atoms with Crippen LogP contribution in [0.2, 0.25) is 0 Å². The highest BCUT2D eigenvalue weighted by Crippen LogP contribution is 2.26. The fraction of sp³-hybridized carbons (Fsp3) is 0.385. The van der Waals surface area contributed by atoms with Crippen molar-refractivity contribution >= 4 is 22.7 Å². The molecule has 2 rings (SSSR count). The molecule has 102 valence electrons. The summed E-state index contributed by atoms with van der Waals surface area (Å²) in [5, 5.41) is 0. The van der Waals surface area contributed by atoms with Gasteiger partial charge in [-0.1, -0.05) is 6.07 Å². The molecule has 1 unspecified atom stereocenters. The number of fused-ring (bicyclic) bond motifs is 1. The molecule has 2 aromatic rings. The Morgan fingerprint density at radius 1 is 1.47 bits per heavy atom. The first-order valence-corrected chi connectivity index (χ1v) is 5.92. The lowest BCUT2D eigenvalue weighted by atomic mass is 10.2. The number of carbonyl (C=O) groups excluding carboxylic acids is 1. The van der Waals surface area contributed by atoms with Crippen LogP contribution in [-0.4, -0.2) is 29.7 Å². The van der Waals surface area contributed by atoms with E-state index in [1.54, 1.807) is 24.7 Å². The number of methoxy groups -OCH3 is 2. The number of carbonyl (C=O) groups is 1. The van der Waals surface area contributed by atoms with Gasteiger partial charge in [-0.05, 0) is 19.1 Å². The number of benzene rings is 1. The maximum Gasteiger partial charge on any atom is 0.328 e. The molecule has 0 amide bonds. The number of hydrogen-bond acceptors (Lipinski definition) is 5. The predicted molar refractivity (Wildman–Crippen MR) is 71.6 cm³/mol. The number of nitrogens with zero attached hydrogens (tertiary/aromatic N) is 2. The highest BCUT2D eigenvalue weighted by atomic mass is 16.5. The number of imidazole rings is 1. The molecule has 0 aliphatic heterocycles. The summed E-state index contributed by atoms with van der Waals surface area (Å²) in [5.74, 6) is 0.312. The molecule has 2 N–H and O–H groups in total. The minimum atomic E-state index is -0.484. The molecule has 0 saturated heterocycles. The van der Waals surface area contributed by atoms with Crippen LogP contribution in [0.3, 0.4) is 0 Å². The predicted octanol–water partition coefficient (Wildman–Crippen LogP) is 1.50. The zero-order valence-corrected chi connectivity index (χ0v) is 11.2. The van der Waals surface area contributed by atoms with Gasteiger partial charge in [-0.25, -0.2) is 9.78 Å². The fourth-order valence-electron chi connectivity index (χ4n) is 2.13. The summed E-state index contributed by atoms with van der Waals surface area (Å²) in [7, 11) is 2.94. The zero-order chi connectivity index (χ0) is 14.0. The zero-order valence-electron chi connectivity index (χ0n) is 11.2. The summed E-state index contributed by atoms with van der Waals surface area (Å²) in [6.45, 7) is 2.06. The molecule has 0 aliphatic rings. The van der Waals surface area contributed by atoms with E-state index in [2.05, 4.69) is 4.98 Å². The summed E-state index contributed by atoms with van der Waals surface area (Å²) >= 11 is 0. The largest absolute Gasteiger partial charge is 0.467 e. The number of rotatable bonds is 4. The van der Waals surface area contributed by atoms with Crippen molar-refractivity contribution in [2.75, 3.05) is 20.0 Å². The molecule has 0 fully saturated rings. The summed E-state index contributed by atoms with van der Waals surface area (Å²) in [4.78, 5) is 16.2. The molecule has 0 radical (unpaired) electrons. The van der Waals surface area contributed by atoms with E-state index in [1.165, 1.54) is 7.11 Å². The Morgan fingerprint density at radius 2 is 2.21 bits per heavy atom. The van der Waals surface area contributed by atoms with Crippen LogP contribution < -0.4 is 5.73 Å². The lowest BCUT2D eigenvalue weighted by Crippen LogP contribution is -2.20. The number of hydrogen-bond donors (Lipinski definition) is 1. The third-order valence-electron chi connectivity index (χ3n) is 3.03. The Balaban J connectivity index is 2.64. The molecule has 19 heavy (non-hydrogen) atoms. The fourth-order valence-corrected chi connectivity index (χ4v) is 2.13. The van der Waals surface area contributed by atoms with Gasteiger partial charge in [0.05, 0.1) is 18.3 Å². The molecule has 6 nitrogen and oxygen atoms in total. The Morgan fingerprint density at radius 3 is 2.84 bits per heavy atom. The number of aromatic nitrogens is 2. The first-order valence-electron chi connectivity index (χ1n) is 5.92. The Bertz CT molecular complexity index is 606. The van der Waals surface area contributed by atoms with Crippen LogP contribution >= 0.6 is 0 Å². The second kappa shape index (κ2) is 5.27. The molecule has 0 bridgehead atoms. The maximum absolute atomic E-state index is 11.8. The van der Waals surface area contributed by atoms with E-state index in [9.17, 15) is 4.79 Å². The molecule has 0 aliphatic carbocycles. The Hall–Kier alpha value is -2.08. The van der Waals surface area contributed by atoms with Gasteiger partial charge in [0.1, 0.15) is 24.0 Å². The molecular weight excluding hydrogens is 246 g/mol. The normalized spacial score (nSPS) is 12.6. The van der Waals surface area contributed by atoms with Gasteiger partial charge in [0.25, 0.3) is 0 Å². The van der Waals surface area contributed by atoms with Crippen molar-refractivity contribution in [1.82, 2.24) is 9.55 Å². The standard InChI is InChI=1S/C13H17N3O3/c1-8(13(17)19-3)16-10-6-4-5-9(14)12(10)15-11(16)7-18-2/h4-6,8H,7,14H2,1-3H3. The molecule has 1 aromatic heterocycles. The first-order chi connectivity index (χ1) is 9.10. The first kappa shape index (κ1) is 13.4.